The Labute approximate surface area is 154 Å². The molecule has 1 atom stereocenters. The second kappa shape index (κ2) is 8.18. The zero-order chi connectivity index (χ0) is 18.6. The molecule has 142 valence electrons. The van der Waals surface area contributed by atoms with E-state index in [1.807, 2.05) is 34.1 Å². The standard InChI is InChI=1S/C20H28N2O4/c1-26-13-12-21-10-2-8-20(19(21)25)9-3-11-22(20)18(24)14-16-4-6-17(15-23)7-5-16/h4-7,23H,2-3,8-15H2,1H3. The Kier molecular flexibility index (Phi) is 5.94. The Bertz CT molecular complexity index is 646. The number of ether oxygens (including phenoxy) is 1. The van der Waals surface area contributed by atoms with Crippen LogP contribution < -0.4 is 0 Å². The minimum atomic E-state index is -0.659. The van der Waals surface area contributed by atoms with Crippen molar-refractivity contribution in [3.8, 4) is 0 Å². The first-order chi connectivity index (χ1) is 12.6. The van der Waals surface area contributed by atoms with E-state index in [0.717, 1.165) is 43.4 Å². The third-order valence-electron chi connectivity index (χ3n) is 5.62. The number of benzene rings is 1. The topological polar surface area (TPSA) is 70.1 Å². The monoisotopic (exact) mass is 360 g/mol. The van der Waals surface area contributed by atoms with Crippen LogP contribution in [0.25, 0.3) is 0 Å². The second-order valence-corrected chi connectivity index (χ2v) is 7.22. The molecule has 2 aliphatic heterocycles. The summed E-state index contributed by atoms with van der Waals surface area (Å²) in [7, 11) is 1.64. The van der Waals surface area contributed by atoms with Crippen molar-refractivity contribution in [2.24, 2.45) is 0 Å². The van der Waals surface area contributed by atoms with Crippen molar-refractivity contribution in [1.82, 2.24) is 9.80 Å². The van der Waals surface area contributed by atoms with Gasteiger partial charge in [-0.25, -0.2) is 0 Å². The summed E-state index contributed by atoms with van der Waals surface area (Å²) in [6.07, 6.45) is 3.59. The molecular formula is C20H28N2O4. The Morgan fingerprint density at radius 3 is 2.46 bits per heavy atom. The van der Waals surface area contributed by atoms with Crippen LogP contribution in [-0.2, 0) is 27.4 Å². The lowest BCUT2D eigenvalue weighted by molar-refractivity contribution is -0.155. The zero-order valence-corrected chi connectivity index (χ0v) is 15.4. The maximum atomic E-state index is 13.2. The molecule has 2 amide bonds. The Morgan fingerprint density at radius 2 is 1.81 bits per heavy atom. The lowest BCUT2D eigenvalue weighted by Crippen LogP contribution is -2.61. The van der Waals surface area contributed by atoms with Gasteiger partial charge < -0.3 is 19.6 Å². The first-order valence-electron chi connectivity index (χ1n) is 9.38. The Morgan fingerprint density at radius 1 is 1.15 bits per heavy atom. The van der Waals surface area contributed by atoms with E-state index in [9.17, 15) is 9.59 Å². The average molecular weight is 360 g/mol. The number of rotatable bonds is 6. The van der Waals surface area contributed by atoms with Crippen LogP contribution in [0.1, 0.15) is 36.8 Å². The highest BCUT2D eigenvalue weighted by molar-refractivity contribution is 5.93. The predicted octanol–water partition coefficient (Wildman–Crippen LogP) is 1.35. The fourth-order valence-corrected chi connectivity index (χ4v) is 4.24. The first kappa shape index (κ1) is 18.9. The lowest BCUT2D eigenvalue weighted by atomic mass is 9.85. The number of hydrogen-bond acceptors (Lipinski definition) is 4. The zero-order valence-electron chi connectivity index (χ0n) is 15.4. The van der Waals surface area contributed by atoms with Gasteiger partial charge in [-0.2, -0.15) is 0 Å². The molecule has 2 saturated heterocycles. The van der Waals surface area contributed by atoms with Crippen LogP contribution in [-0.4, -0.2) is 65.6 Å². The lowest BCUT2D eigenvalue weighted by Gasteiger charge is -2.44. The summed E-state index contributed by atoms with van der Waals surface area (Å²) in [6, 6.07) is 7.42. The molecule has 1 N–H and O–H groups in total. The first-order valence-corrected chi connectivity index (χ1v) is 9.38. The summed E-state index contributed by atoms with van der Waals surface area (Å²) in [5.41, 5.74) is 1.08. The van der Waals surface area contributed by atoms with Crippen LogP contribution in [0.5, 0.6) is 0 Å². The van der Waals surface area contributed by atoms with Gasteiger partial charge in [0.25, 0.3) is 0 Å². The van der Waals surface area contributed by atoms with Gasteiger partial charge in [0, 0.05) is 26.7 Å². The van der Waals surface area contributed by atoms with Gasteiger partial charge in [-0.3, -0.25) is 9.59 Å². The third-order valence-corrected chi connectivity index (χ3v) is 5.62. The summed E-state index contributed by atoms with van der Waals surface area (Å²) in [6.45, 7) is 2.50. The number of aliphatic hydroxyl groups is 1. The number of nitrogens with zero attached hydrogens (tertiary/aromatic N) is 2. The van der Waals surface area contributed by atoms with Gasteiger partial charge in [-0.15, -0.1) is 0 Å². The highest BCUT2D eigenvalue weighted by atomic mass is 16.5. The number of likely N-dealkylation sites (tertiary alicyclic amines) is 2. The molecule has 0 radical (unpaired) electrons. The van der Waals surface area contributed by atoms with E-state index >= 15 is 0 Å². The van der Waals surface area contributed by atoms with E-state index in [1.165, 1.54) is 0 Å². The highest BCUT2D eigenvalue weighted by Gasteiger charge is 2.52. The van der Waals surface area contributed by atoms with Gasteiger partial charge in [-0.05, 0) is 36.8 Å². The van der Waals surface area contributed by atoms with Crippen LogP contribution in [0.15, 0.2) is 24.3 Å². The minimum Gasteiger partial charge on any atom is -0.392 e. The SMILES string of the molecule is COCCN1CCCC2(CCCN2C(=O)Cc2ccc(CO)cc2)C1=O. The number of aliphatic hydroxyl groups excluding tert-OH is 1. The number of piperidine rings is 1. The number of amides is 2. The summed E-state index contributed by atoms with van der Waals surface area (Å²) < 4.78 is 5.12. The van der Waals surface area contributed by atoms with E-state index in [2.05, 4.69) is 0 Å². The number of hydrogen-bond donors (Lipinski definition) is 1. The molecule has 1 spiro atoms. The normalized spacial score (nSPS) is 23.1. The van der Waals surface area contributed by atoms with Crippen molar-refractivity contribution in [3.63, 3.8) is 0 Å². The number of carbonyl (C=O) groups excluding carboxylic acids is 2. The van der Waals surface area contributed by atoms with Crippen molar-refractivity contribution in [2.45, 2.75) is 44.2 Å². The van der Waals surface area contributed by atoms with Crippen LogP contribution in [0, 0.1) is 0 Å². The molecule has 2 heterocycles. The maximum absolute atomic E-state index is 13.2. The molecule has 6 nitrogen and oxygen atoms in total. The summed E-state index contributed by atoms with van der Waals surface area (Å²) in [5, 5.41) is 9.14. The number of carbonyl (C=O) groups is 2. The molecule has 1 aromatic rings. The molecule has 2 aliphatic rings. The molecule has 1 aromatic carbocycles. The highest BCUT2D eigenvalue weighted by Crippen LogP contribution is 2.38. The predicted molar refractivity (Wildman–Crippen MR) is 97.4 cm³/mol. The molecule has 0 aromatic heterocycles. The van der Waals surface area contributed by atoms with Crippen molar-refractivity contribution in [3.05, 3.63) is 35.4 Å². The Balaban J connectivity index is 1.73. The molecule has 0 aliphatic carbocycles. The minimum absolute atomic E-state index is 0.00469. The van der Waals surface area contributed by atoms with Crippen molar-refractivity contribution in [1.29, 1.82) is 0 Å². The maximum Gasteiger partial charge on any atom is 0.248 e. The largest absolute Gasteiger partial charge is 0.392 e. The number of methoxy groups -OCH3 is 1. The quantitative estimate of drug-likeness (QED) is 0.831. The molecule has 0 bridgehead atoms. The molecule has 1 unspecified atom stereocenters. The fraction of sp³-hybridized carbons (Fsp3) is 0.600. The second-order valence-electron chi connectivity index (χ2n) is 7.22. The van der Waals surface area contributed by atoms with Gasteiger partial charge in [0.15, 0.2) is 0 Å². The molecule has 2 fully saturated rings. The van der Waals surface area contributed by atoms with E-state index < -0.39 is 5.54 Å². The van der Waals surface area contributed by atoms with Gasteiger partial charge in [0.1, 0.15) is 5.54 Å². The van der Waals surface area contributed by atoms with Crippen LogP contribution in [0.4, 0.5) is 0 Å². The molecule has 26 heavy (non-hydrogen) atoms. The van der Waals surface area contributed by atoms with Crippen molar-refractivity contribution < 1.29 is 19.4 Å². The summed E-state index contributed by atoms with van der Waals surface area (Å²) in [4.78, 5) is 29.8. The third kappa shape index (κ3) is 3.62. The van der Waals surface area contributed by atoms with Gasteiger partial charge in [-0.1, -0.05) is 24.3 Å². The van der Waals surface area contributed by atoms with E-state index in [1.54, 1.807) is 7.11 Å². The van der Waals surface area contributed by atoms with Crippen LogP contribution in [0.2, 0.25) is 0 Å². The molecule has 6 heteroatoms. The van der Waals surface area contributed by atoms with Gasteiger partial charge >= 0.3 is 0 Å². The van der Waals surface area contributed by atoms with E-state index in [4.69, 9.17) is 9.84 Å². The molecule has 0 saturated carbocycles. The smallest absolute Gasteiger partial charge is 0.248 e. The van der Waals surface area contributed by atoms with Crippen molar-refractivity contribution in [2.75, 3.05) is 33.4 Å². The van der Waals surface area contributed by atoms with Gasteiger partial charge in [0.2, 0.25) is 11.8 Å². The van der Waals surface area contributed by atoms with Gasteiger partial charge in [0.05, 0.1) is 19.6 Å². The van der Waals surface area contributed by atoms with Crippen molar-refractivity contribution >= 4 is 11.8 Å². The molecular weight excluding hydrogens is 332 g/mol. The fourth-order valence-electron chi connectivity index (χ4n) is 4.24. The van der Waals surface area contributed by atoms with E-state index in [-0.39, 0.29) is 18.4 Å². The Hall–Kier alpha value is -1.92. The summed E-state index contributed by atoms with van der Waals surface area (Å²) in [5.74, 6) is 0.100. The van der Waals surface area contributed by atoms with Crippen LogP contribution >= 0.6 is 0 Å². The van der Waals surface area contributed by atoms with E-state index in [0.29, 0.717) is 26.1 Å². The summed E-state index contributed by atoms with van der Waals surface area (Å²) >= 11 is 0. The van der Waals surface area contributed by atoms with Crippen LogP contribution in [0.3, 0.4) is 0 Å². The average Bonchev–Trinajstić information content (AvgIpc) is 3.08. The molecule has 3 rings (SSSR count).